The van der Waals surface area contributed by atoms with Gasteiger partial charge >= 0.3 is 0 Å². The van der Waals surface area contributed by atoms with E-state index < -0.39 is 0 Å². The predicted molar refractivity (Wildman–Crippen MR) is 113 cm³/mol. The summed E-state index contributed by atoms with van der Waals surface area (Å²) in [5.41, 5.74) is 4.77. The number of hydrogen-bond donors (Lipinski definition) is 1. The van der Waals surface area contributed by atoms with Gasteiger partial charge in [-0.15, -0.1) is 0 Å². The summed E-state index contributed by atoms with van der Waals surface area (Å²) in [7, 11) is 2.19. The molecule has 5 rings (SSSR count). The second kappa shape index (κ2) is 6.71. The number of anilines is 1. The Bertz CT molecular complexity index is 1080. The number of nitrogens with one attached hydrogen (secondary N) is 1. The zero-order chi connectivity index (χ0) is 18.2. The minimum absolute atomic E-state index is 0.819. The van der Waals surface area contributed by atoms with Gasteiger partial charge in [0.2, 0.25) is 0 Å². The molecular formula is C23H24N4. The molecule has 0 radical (unpaired) electrons. The van der Waals surface area contributed by atoms with Crippen molar-refractivity contribution in [2.24, 2.45) is 0 Å². The molecule has 1 N–H and O–H groups in total. The maximum atomic E-state index is 4.83. The molecule has 4 nitrogen and oxygen atoms in total. The smallest absolute Gasteiger partial charge is 0.111 e. The topological polar surface area (TPSA) is 35.2 Å². The molecular weight excluding hydrogens is 332 g/mol. The van der Waals surface area contributed by atoms with Crippen molar-refractivity contribution < 1.29 is 0 Å². The van der Waals surface area contributed by atoms with Crippen LogP contribution in [0.5, 0.6) is 0 Å². The molecule has 2 heterocycles. The average molecular weight is 356 g/mol. The number of nitrogens with zero attached hydrogens (tertiary/aromatic N) is 3. The zero-order valence-corrected chi connectivity index (χ0v) is 15.7. The fourth-order valence-corrected chi connectivity index (χ4v) is 4.02. The standard InChI is InChI=1S/C23H24N4/c1-26-11-13-27(14-12-26)19-9-10-21-22(16-19)25-23(24-21)15-18-7-4-6-17-5-2-3-8-20(17)18/h2-10,16H,11-15H2,1H3,(H,24,25). The molecule has 136 valence electrons. The second-order valence-electron chi connectivity index (χ2n) is 7.49. The highest BCUT2D eigenvalue weighted by molar-refractivity contribution is 5.86. The number of hydrogen-bond acceptors (Lipinski definition) is 3. The van der Waals surface area contributed by atoms with E-state index in [0.717, 1.165) is 49.5 Å². The summed E-state index contributed by atoms with van der Waals surface area (Å²) in [5.74, 6) is 1.02. The van der Waals surface area contributed by atoms with E-state index in [0.29, 0.717) is 0 Å². The van der Waals surface area contributed by atoms with Gasteiger partial charge in [0.15, 0.2) is 0 Å². The zero-order valence-electron chi connectivity index (χ0n) is 15.7. The third kappa shape index (κ3) is 3.17. The van der Waals surface area contributed by atoms with Crippen LogP contribution in [0.15, 0.2) is 60.7 Å². The van der Waals surface area contributed by atoms with E-state index in [1.165, 1.54) is 22.0 Å². The number of aromatic amines is 1. The van der Waals surface area contributed by atoms with Crippen LogP contribution in [0.2, 0.25) is 0 Å². The molecule has 0 atom stereocenters. The van der Waals surface area contributed by atoms with Crippen molar-refractivity contribution in [1.29, 1.82) is 0 Å². The van der Waals surface area contributed by atoms with Gasteiger partial charge in [-0.2, -0.15) is 0 Å². The van der Waals surface area contributed by atoms with Gasteiger partial charge in [0.1, 0.15) is 5.82 Å². The molecule has 0 amide bonds. The molecule has 4 heteroatoms. The van der Waals surface area contributed by atoms with E-state index in [4.69, 9.17) is 4.98 Å². The third-order valence-corrected chi connectivity index (χ3v) is 5.62. The van der Waals surface area contributed by atoms with Crippen LogP contribution in [0.3, 0.4) is 0 Å². The Morgan fingerprint density at radius 1 is 0.926 bits per heavy atom. The molecule has 0 unspecified atom stereocenters. The van der Waals surface area contributed by atoms with Crippen molar-refractivity contribution in [2.45, 2.75) is 6.42 Å². The lowest BCUT2D eigenvalue weighted by atomic mass is 10.0. The molecule has 1 fully saturated rings. The molecule has 1 aliphatic heterocycles. The highest BCUT2D eigenvalue weighted by Crippen LogP contribution is 2.24. The maximum Gasteiger partial charge on any atom is 0.111 e. The van der Waals surface area contributed by atoms with Crippen molar-refractivity contribution in [3.8, 4) is 0 Å². The summed E-state index contributed by atoms with van der Waals surface area (Å²) < 4.78 is 0. The van der Waals surface area contributed by atoms with Gasteiger partial charge in [-0.25, -0.2) is 4.98 Å². The first-order valence-corrected chi connectivity index (χ1v) is 9.65. The first kappa shape index (κ1) is 16.3. The predicted octanol–water partition coefficient (Wildman–Crippen LogP) is 4.06. The number of aromatic nitrogens is 2. The molecule has 3 aromatic carbocycles. The van der Waals surface area contributed by atoms with Crippen molar-refractivity contribution in [2.75, 3.05) is 38.1 Å². The van der Waals surface area contributed by atoms with E-state index in [1.807, 2.05) is 0 Å². The van der Waals surface area contributed by atoms with Gasteiger partial charge in [0.25, 0.3) is 0 Å². The lowest BCUT2D eigenvalue weighted by molar-refractivity contribution is 0.313. The SMILES string of the molecule is CN1CCN(c2ccc3nc(Cc4cccc5ccccc45)[nH]c3c2)CC1. The summed E-state index contributed by atoms with van der Waals surface area (Å²) in [6, 6.07) is 21.7. The lowest BCUT2D eigenvalue weighted by Gasteiger charge is -2.34. The minimum Gasteiger partial charge on any atom is -0.369 e. The van der Waals surface area contributed by atoms with Gasteiger partial charge in [-0.1, -0.05) is 42.5 Å². The van der Waals surface area contributed by atoms with Gasteiger partial charge in [-0.3, -0.25) is 0 Å². The first-order valence-electron chi connectivity index (χ1n) is 9.65. The molecule has 1 aromatic heterocycles. The number of imidazole rings is 1. The summed E-state index contributed by atoms with van der Waals surface area (Å²) in [6.45, 7) is 4.40. The summed E-state index contributed by atoms with van der Waals surface area (Å²) in [5, 5.41) is 2.59. The fraction of sp³-hybridized carbons (Fsp3) is 0.261. The van der Waals surface area contributed by atoms with Gasteiger partial charge in [0.05, 0.1) is 11.0 Å². The highest BCUT2D eigenvalue weighted by atomic mass is 15.2. The number of rotatable bonds is 3. The Labute approximate surface area is 159 Å². The molecule has 27 heavy (non-hydrogen) atoms. The highest BCUT2D eigenvalue weighted by Gasteiger charge is 2.15. The van der Waals surface area contributed by atoms with E-state index in [-0.39, 0.29) is 0 Å². The van der Waals surface area contributed by atoms with Crippen molar-refractivity contribution >= 4 is 27.5 Å². The molecule has 0 bridgehead atoms. The van der Waals surface area contributed by atoms with E-state index in [2.05, 4.69) is 82.5 Å². The maximum absolute atomic E-state index is 4.83. The Hall–Kier alpha value is -2.85. The molecule has 0 saturated carbocycles. The van der Waals surface area contributed by atoms with Crippen molar-refractivity contribution in [3.05, 3.63) is 72.1 Å². The van der Waals surface area contributed by atoms with Crippen LogP contribution >= 0.6 is 0 Å². The van der Waals surface area contributed by atoms with Gasteiger partial charge < -0.3 is 14.8 Å². The number of piperazine rings is 1. The molecule has 0 aliphatic carbocycles. The fourth-order valence-electron chi connectivity index (χ4n) is 4.02. The van der Waals surface area contributed by atoms with E-state index in [9.17, 15) is 0 Å². The van der Waals surface area contributed by atoms with Crippen LogP contribution in [-0.4, -0.2) is 48.1 Å². The Morgan fingerprint density at radius 2 is 1.74 bits per heavy atom. The summed E-state index contributed by atoms with van der Waals surface area (Å²) >= 11 is 0. The first-order chi connectivity index (χ1) is 13.3. The number of H-pyrrole nitrogens is 1. The normalized spacial score (nSPS) is 15.7. The monoisotopic (exact) mass is 356 g/mol. The molecule has 0 spiro atoms. The summed E-state index contributed by atoms with van der Waals surface area (Å²) in [4.78, 5) is 13.2. The van der Waals surface area contributed by atoms with Crippen LogP contribution in [0, 0.1) is 0 Å². The number of likely N-dealkylation sites (N-methyl/N-ethyl adjacent to an activating group) is 1. The molecule has 4 aromatic rings. The van der Waals surface area contributed by atoms with Crippen LogP contribution in [0.4, 0.5) is 5.69 Å². The summed E-state index contributed by atoms with van der Waals surface area (Å²) in [6.07, 6.45) is 0.819. The quantitative estimate of drug-likeness (QED) is 0.601. The lowest BCUT2D eigenvalue weighted by Crippen LogP contribution is -2.44. The van der Waals surface area contributed by atoms with Crippen molar-refractivity contribution in [1.82, 2.24) is 14.9 Å². The average Bonchev–Trinajstić information content (AvgIpc) is 3.10. The van der Waals surface area contributed by atoms with Crippen molar-refractivity contribution in [3.63, 3.8) is 0 Å². The molecule has 1 aliphatic rings. The van der Waals surface area contributed by atoms with Crippen LogP contribution in [0.1, 0.15) is 11.4 Å². The van der Waals surface area contributed by atoms with Gasteiger partial charge in [-0.05, 0) is 41.6 Å². The van der Waals surface area contributed by atoms with Crippen LogP contribution < -0.4 is 4.90 Å². The Morgan fingerprint density at radius 3 is 2.63 bits per heavy atom. The van der Waals surface area contributed by atoms with E-state index >= 15 is 0 Å². The number of benzene rings is 3. The third-order valence-electron chi connectivity index (χ3n) is 5.62. The van der Waals surface area contributed by atoms with Gasteiger partial charge in [0, 0.05) is 38.3 Å². The Balaban J connectivity index is 1.44. The second-order valence-corrected chi connectivity index (χ2v) is 7.49. The van der Waals surface area contributed by atoms with Crippen LogP contribution in [0.25, 0.3) is 21.8 Å². The van der Waals surface area contributed by atoms with E-state index in [1.54, 1.807) is 0 Å². The Kier molecular flexibility index (Phi) is 4.06. The largest absolute Gasteiger partial charge is 0.369 e. The van der Waals surface area contributed by atoms with Crippen LogP contribution in [-0.2, 0) is 6.42 Å². The minimum atomic E-state index is 0.819. The molecule has 1 saturated heterocycles. The number of fused-ring (bicyclic) bond motifs is 2.